The normalized spacial score (nSPS) is 27.1. The molecule has 2 atom stereocenters. The highest BCUT2D eigenvalue weighted by molar-refractivity contribution is 5.92. The SMILES string of the molecule is O=C1C=C[C@]2(c3ccccc3)OC[C@@H](c3ccccc3)N12. The first kappa shape index (κ1) is 12.4. The summed E-state index contributed by atoms with van der Waals surface area (Å²) in [4.78, 5) is 14.2. The number of hydrogen-bond donors (Lipinski definition) is 0. The number of ether oxygens (including phenoxy) is 1. The van der Waals surface area contributed by atoms with E-state index in [0.717, 1.165) is 11.1 Å². The maximum atomic E-state index is 12.4. The zero-order valence-electron chi connectivity index (χ0n) is 11.5. The standard InChI is InChI=1S/C18H15NO2/c20-17-11-12-18(15-9-5-2-6-10-15)19(17)16(13-21-18)14-7-3-1-4-8-14/h1-12,16H,13H2/t16-,18+/m0/s1. The minimum absolute atomic E-state index is 0.00482. The Kier molecular flexibility index (Phi) is 2.69. The number of hydrogen-bond acceptors (Lipinski definition) is 2. The molecule has 1 fully saturated rings. The zero-order chi connectivity index (χ0) is 14.3. The second kappa shape index (κ2) is 4.57. The fourth-order valence-electron chi connectivity index (χ4n) is 3.21. The minimum Gasteiger partial charge on any atom is -0.345 e. The maximum absolute atomic E-state index is 12.4. The van der Waals surface area contributed by atoms with Gasteiger partial charge in [-0.25, -0.2) is 0 Å². The lowest BCUT2D eigenvalue weighted by Gasteiger charge is -2.33. The molecule has 2 aliphatic heterocycles. The molecule has 2 aromatic carbocycles. The highest BCUT2D eigenvalue weighted by atomic mass is 16.5. The number of benzene rings is 2. The number of nitrogens with zero attached hydrogens (tertiary/aromatic N) is 1. The highest BCUT2D eigenvalue weighted by Gasteiger charge is 2.52. The largest absolute Gasteiger partial charge is 0.345 e. The summed E-state index contributed by atoms with van der Waals surface area (Å²) in [5, 5.41) is 0. The molecule has 0 radical (unpaired) electrons. The summed E-state index contributed by atoms with van der Waals surface area (Å²) in [7, 11) is 0. The lowest BCUT2D eigenvalue weighted by molar-refractivity contribution is -0.136. The molecule has 0 N–H and O–H groups in total. The molecule has 2 aliphatic rings. The van der Waals surface area contributed by atoms with Crippen LogP contribution in [-0.2, 0) is 15.3 Å². The molecule has 3 nitrogen and oxygen atoms in total. The van der Waals surface area contributed by atoms with Gasteiger partial charge >= 0.3 is 0 Å². The van der Waals surface area contributed by atoms with Gasteiger partial charge in [-0.3, -0.25) is 9.69 Å². The third-order valence-electron chi connectivity index (χ3n) is 4.19. The summed E-state index contributed by atoms with van der Waals surface area (Å²) in [5.41, 5.74) is 1.34. The van der Waals surface area contributed by atoms with E-state index in [2.05, 4.69) is 0 Å². The van der Waals surface area contributed by atoms with Gasteiger partial charge in [0.05, 0.1) is 12.6 Å². The van der Waals surface area contributed by atoms with Gasteiger partial charge in [0.2, 0.25) is 5.91 Å². The second-order valence-electron chi connectivity index (χ2n) is 5.34. The van der Waals surface area contributed by atoms with Gasteiger partial charge in [0, 0.05) is 11.6 Å². The second-order valence-corrected chi connectivity index (χ2v) is 5.34. The van der Waals surface area contributed by atoms with Crippen LogP contribution in [-0.4, -0.2) is 17.4 Å². The Hall–Kier alpha value is -2.39. The van der Waals surface area contributed by atoms with E-state index in [4.69, 9.17) is 4.74 Å². The summed E-state index contributed by atoms with van der Waals surface area (Å²) < 4.78 is 6.11. The average molecular weight is 277 g/mol. The molecular formula is C18H15NO2. The van der Waals surface area contributed by atoms with Crippen molar-refractivity contribution in [3.8, 4) is 0 Å². The van der Waals surface area contributed by atoms with Gasteiger partial charge in [-0.15, -0.1) is 0 Å². The van der Waals surface area contributed by atoms with E-state index in [-0.39, 0.29) is 11.9 Å². The van der Waals surface area contributed by atoms with Crippen LogP contribution in [0.1, 0.15) is 17.2 Å². The van der Waals surface area contributed by atoms with Gasteiger partial charge in [-0.2, -0.15) is 0 Å². The third-order valence-corrected chi connectivity index (χ3v) is 4.19. The van der Waals surface area contributed by atoms with Crippen LogP contribution in [0.2, 0.25) is 0 Å². The average Bonchev–Trinajstić information content (AvgIpc) is 3.09. The number of carbonyl (C=O) groups excluding carboxylic acids is 1. The van der Waals surface area contributed by atoms with Crippen LogP contribution < -0.4 is 0 Å². The highest BCUT2D eigenvalue weighted by Crippen LogP contribution is 2.47. The van der Waals surface area contributed by atoms with Crippen molar-refractivity contribution in [1.82, 2.24) is 4.90 Å². The van der Waals surface area contributed by atoms with Crippen LogP contribution in [0, 0.1) is 0 Å². The molecule has 4 rings (SSSR count). The Balaban J connectivity index is 1.80. The molecule has 3 heteroatoms. The molecule has 1 saturated heterocycles. The molecule has 0 aromatic heterocycles. The van der Waals surface area contributed by atoms with Gasteiger partial charge < -0.3 is 4.74 Å². The van der Waals surface area contributed by atoms with Crippen molar-refractivity contribution >= 4 is 5.91 Å². The first-order chi connectivity index (χ1) is 10.3. The van der Waals surface area contributed by atoms with E-state index in [1.807, 2.05) is 71.6 Å². The van der Waals surface area contributed by atoms with Crippen LogP contribution >= 0.6 is 0 Å². The first-order valence-corrected chi connectivity index (χ1v) is 7.08. The Labute approximate surface area is 123 Å². The van der Waals surface area contributed by atoms with Crippen LogP contribution in [0.5, 0.6) is 0 Å². The molecule has 2 aromatic rings. The monoisotopic (exact) mass is 277 g/mol. The summed E-state index contributed by atoms with van der Waals surface area (Å²) in [6, 6.07) is 19.9. The van der Waals surface area contributed by atoms with Crippen molar-refractivity contribution in [3.05, 3.63) is 83.9 Å². The number of fused-ring (bicyclic) bond motifs is 1. The molecule has 104 valence electrons. The van der Waals surface area contributed by atoms with E-state index < -0.39 is 5.72 Å². The van der Waals surface area contributed by atoms with E-state index in [1.54, 1.807) is 6.08 Å². The molecule has 2 heterocycles. The number of carbonyl (C=O) groups is 1. The van der Waals surface area contributed by atoms with Crippen LogP contribution in [0.4, 0.5) is 0 Å². The van der Waals surface area contributed by atoms with E-state index >= 15 is 0 Å². The Bertz CT molecular complexity index is 696. The molecule has 0 aliphatic carbocycles. The van der Waals surface area contributed by atoms with Gasteiger partial charge in [0.15, 0.2) is 5.72 Å². The van der Waals surface area contributed by atoms with E-state index in [1.165, 1.54) is 0 Å². The van der Waals surface area contributed by atoms with E-state index in [0.29, 0.717) is 6.61 Å². The summed E-state index contributed by atoms with van der Waals surface area (Å²) in [6.07, 6.45) is 3.48. The molecule has 0 bridgehead atoms. The van der Waals surface area contributed by atoms with Crippen molar-refractivity contribution in [2.24, 2.45) is 0 Å². The van der Waals surface area contributed by atoms with Crippen molar-refractivity contribution < 1.29 is 9.53 Å². The maximum Gasteiger partial charge on any atom is 0.249 e. The predicted octanol–water partition coefficient (Wildman–Crippen LogP) is 3.01. The topological polar surface area (TPSA) is 29.5 Å². The Morgan fingerprint density at radius 2 is 1.67 bits per heavy atom. The van der Waals surface area contributed by atoms with Crippen LogP contribution in [0.3, 0.4) is 0 Å². The zero-order valence-corrected chi connectivity index (χ0v) is 11.5. The van der Waals surface area contributed by atoms with Gasteiger partial charge in [0.25, 0.3) is 0 Å². The number of rotatable bonds is 2. The minimum atomic E-state index is -0.751. The summed E-state index contributed by atoms with van der Waals surface area (Å²) >= 11 is 0. The molecular weight excluding hydrogens is 262 g/mol. The quantitative estimate of drug-likeness (QED) is 0.844. The summed E-state index contributed by atoms with van der Waals surface area (Å²) in [5.74, 6) is 0.00482. The molecule has 0 spiro atoms. The smallest absolute Gasteiger partial charge is 0.249 e. The van der Waals surface area contributed by atoms with Crippen molar-refractivity contribution in [3.63, 3.8) is 0 Å². The fourth-order valence-corrected chi connectivity index (χ4v) is 3.21. The molecule has 0 unspecified atom stereocenters. The first-order valence-electron chi connectivity index (χ1n) is 7.08. The van der Waals surface area contributed by atoms with E-state index in [9.17, 15) is 4.79 Å². The van der Waals surface area contributed by atoms with Crippen molar-refractivity contribution in [2.45, 2.75) is 11.8 Å². The molecule has 0 saturated carbocycles. The molecule has 21 heavy (non-hydrogen) atoms. The van der Waals surface area contributed by atoms with Gasteiger partial charge in [-0.05, 0) is 11.6 Å². The van der Waals surface area contributed by atoms with Gasteiger partial charge in [-0.1, -0.05) is 60.7 Å². The van der Waals surface area contributed by atoms with Gasteiger partial charge in [0.1, 0.15) is 0 Å². The lowest BCUT2D eigenvalue weighted by Crippen LogP contribution is -2.40. The molecule has 1 amide bonds. The summed E-state index contributed by atoms with van der Waals surface area (Å²) in [6.45, 7) is 0.509. The van der Waals surface area contributed by atoms with Crippen LogP contribution in [0.25, 0.3) is 0 Å². The predicted molar refractivity (Wildman–Crippen MR) is 79.2 cm³/mol. The Morgan fingerprint density at radius 1 is 1.00 bits per heavy atom. The fraction of sp³-hybridized carbons (Fsp3) is 0.167. The lowest BCUT2D eigenvalue weighted by atomic mass is 10.0. The van der Waals surface area contributed by atoms with Crippen molar-refractivity contribution in [1.29, 1.82) is 0 Å². The van der Waals surface area contributed by atoms with Crippen molar-refractivity contribution in [2.75, 3.05) is 6.61 Å². The Morgan fingerprint density at radius 3 is 2.38 bits per heavy atom. The van der Waals surface area contributed by atoms with Crippen LogP contribution in [0.15, 0.2) is 72.8 Å². The number of amides is 1. The third kappa shape index (κ3) is 1.74.